The summed E-state index contributed by atoms with van der Waals surface area (Å²) in [6, 6.07) is 17.8. The number of methoxy groups -OCH3 is 1. The van der Waals surface area contributed by atoms with Crippen molar-refractivity contribution in [2.75, 3.05) is 17.3 Å². The molecule has 2 saturated heterocycles. The Hall–Kier alpha value is -4.14. The summed E-state index contributed by atoms with van der Waals surface area (Å²) in [4.78, 5) is 46.7. The number of amides is 3. The molecule has 1 spiro atoms. The number of fused-ring (bicyclic) bond motifs is 5. The molecule has 7 rings (SSSR count). The molecule has 39 heavy (non-hydrogen) atoms. The number of nitrogens with one attached hydrogen (secondary N) is 3. The highest BCUT2D eigenvalue weighted by Gasteiger charge is 2.70. The number of hydrogen-bond donors (Lipinski definition) is 3. The largest absolute Gasteiger partial charge is 0.497 e. The van der Waals surface area contributed by atoms with Gasteiger partial charge in [-0.3, -0.25) is 19.7 Å². The first-order valence-corrected chi connectivity index (χ1v) is 13.2. The summed E-state index contributed by atoms with van der Waals surface area (Å²) in [7, 11) is 1.56. The summed E-state index contributed by atoms with van der Waals surface area (Å²) >= 11 is 6.39. The molecule has 9 heteroatoms. The Balaban J connectivity index is 1.38. The van der Waals surface area contributed by atoms with Gasteiger partial charge >= 0.3 is 0 Å². The second kappa shape index (κ2) is 8.43. The summed E-state index contributed by atoms with van der Waals surface area (Å²) in [6.45, 7) is 1.83. The fraction of sp³-hybridized carbons (Fsp3) is 0.233. The van der Waals surface area contributed by atoms with Crippen LogP contribution in [0.4, 0.5) is 11.4 Å². The van der Waals surface area contributed by atoms with Gasteiger partial charge in [-0.1, -0.05) is 35.9 Å². The smallest absolute Gasteiger partial charge is 0.250 e. The van der Waals surface area contributed by atoms with E-state index in [4.69, 9.17) is 16.3 Å². The number of nitrogens with zero attached hydrogens (tertiary/aromatic N) is 1. The van der Waals surface area contributed by atoms with Crippen molar-refractivity contribution < 1.29 is 19.1 Å². The maximum Gasteiger partial charge on any atom is 0.250 e. The zero-order valence-corrected chi connectivity index (χ0v) is 22.0. The van der Waals surface area contributed by atoms with Crippen LogP contribution in [0, 0.1) is 18.8 Å². The van der Waals surface area contributed by atoms with Crippen LogP contribution in [0.2, 0.25) is 5.02 Å². The number of aromatic nitrogens is 1. The van der Waals surface area contributed by atoms with Crippen molar-refractivity contribution in [1.29, 1.82) is 0 Å². The molecule has 2 fully saturated rings. The number of aromatic amines is 1. The van der Waals surface area contributed by atoms with Crippen molar-refractivity contribution >= 4 is 51.6 Å². The van der Waals surface area contributed by atoms with Gasteiger partial charge in [0.25, 0.3) is 0 Å². The molecule has 0 unspecified atom stereocenters. The van der Waals surface area contributed by atoms with Gasteiger partial charge in [0.2, 0.25) is 17.7 Å². The molecule has 8 nitrogen and oxygen atoms in total. The summed E-state index contributed by atoms with van der Waals surface area (Å²) in [5.41, 5.74) is 3.00. The molecule has 3 amide bonds. The molecule has 3 aliphatic heterocycles. The quantitative estimate of drug-likeness (QED) is 0.335. The van der Waals surface area contributed by atoms with Gasteiger partial charge in [0, 0.05) is 33.7 Å². The predicted molar refractivity (Wildman–Crippen MR) is 148 cm³/mol. The van der Waals surface area contributed by atoms with Gasteiger partial charge in [-0.2, -0.15) is 0 Å². The molecular formula is C30H25ClN4O4. The zero-order valence-electron chi connectivity index (χ0n) is 21.2. The van der Waals surface area contributed by atoms with Crippen molar-refractivity contribution in [3.63, 3.8) is 0 Å². The molecule has 3 aromatic carbocycles. The first-order chi connectivity index (χ1) is 18.8. The van der Waals surface area contributed by atoms with Crippen LogP contribution < -0.4 is 20.3 Å². The highest BCUT2D eigenvalue weighted by Crippen LogP contribution is 2.55. The number of hydrogen-bond acceptors (Lipinski definition) is 5. The van der Waals surface area contributed by atoms with Gasteiger partial charge in [0.05, 0.1) is 30.3 Å². The number of benzene rings is 3. The molecule has 3 aliphatic rings. The third-order valence-corrected chi connectivity index (χ3v) is 8.94. The van der Waals surface area contributed by atoms with Crippen LogP contribution in [0.1, 0.15) is 16.7 Å². The molecule has 0 bridgehead atoms. The van der Waals surface area contributed by atoms with E-state index in [1.807, 2.05) is 37.4 Å². The van der Waals surface area contributed by atoms with Crippen LogP contribution in [0.15, 0.2) is 66.9 Å². The molecule has 4 heterocycles. The Morgan fingerprint density at radius 3 is 2.54 bits per heavy atom. The van der Waals surface area contributed by atoms with Crippen molar-refractivity contribution in [2.24, 2.45) is 11.8 Å². The fourth-order valence-corrected chi connectivity index (χ4v) is 6.85. The minimum atomic E-state index is -1.40. The first kappa shape index (κ1) is 23.9. The highest BCUT2D eigenvalue weighted by molar-refractivity contribution is 6.32. The topological polar surface area (TPSA) is 104 Å². The molecule has 0 radical (unpaired) electrons. The Labute approximate surface area is 229 Å². The third kappa shape index (κ3) is 3.19. The molecule has 3 N–H and O–H groups in total. The Morgan fingerprint density at radius 1 is 1.00 bits per heavy atom. The summed E-state index contributed by atoms with van der Waals surface area (Å²) < 4.78 is 5.26. The van der Waals surface area contributed by atoms with Crippen molar-refractivity contribution in [3.05, 3.63) is 88.6 Å². The van der Waals surface area contributed by atoms with Crippen molar-refractivity contribution in [2.45, 2.75) is 24.9 Å². The average Bonchev–Trinajstić information content (AvgIpc) is 3.65. The van der Waals surface area contributed by atoms with Crippen LogP contribution in [0.25, 0.3) is 10.9 Å². The second-order valence-corrected chi connectivity index (χ2v) is 10.8. The molecule has 4 atom stereocenters. The van der Waals surface area contributed by atoms with Gasteiger partial charge in [-0.05, 0) is 60.9 Å². The van der Waals surface area contributed by atoms with E-state index >= 15 is 0 Å². The number of anilines is 2. The summed E-state index contributed by atoms with van der Waals surface area (Å²) in [5.74, 6) is -2.14. The lowest BCUT2D eigenvalue weighted by atomic mass is 9.76. The molecule has 196 valence electrons. The number of imide groups is 1. The molecular weight excluding hydrogens is 516 g/mol. The van der Waals surface area contributed by atoms with Gasteiger partial charge < -0.3 is 15.0 Å². The van der Waals surface area contributed by atoms with Crippen molar-refractivity contribution in [3.8, 4) is 5.75 Å². The van der Waals surface area contributed by atoms with E-state index in [9.17, 15) is 14.4 Å². The Morgan fingerprint density at radius 2 is 1.77 bits per heavy atom. The van der Waals surface area contributed by atoms with Crippen LogP contribution in [0.5, 0.6) is 5.75 Å². The van der Waals surface area contributed by atoms with E-state index in [-0.39, 0.29) is 11.8 Å². The lowest BCUT2D eigenvalue weighted by molar-refractivity contribution is -0.130. The third-order valence-electron chi connectivity index (χ3n) is 8.53. The maximum atomic E-state index is 14.2. The van der Waals surface area contributed by atoms with Crippen LogP contribution in [-0.2, 0) is 26.3 Å². The minimum absolute atomic E-state index is 0.323. The van der Waals surface area contributed by atoms with E-state index in [1.165, 1.54) is 4.90 Å². The maximum absolute atomic E-state index is 14.2. The number of halogens is 1. The Bertz CT molecular complexity index is 1700. The lowest BCUT2D eigenvalue weighted by Gasteiger charge is -2.29. The highest BCUT2D eigenvalue weighted by atomic mass is 35.5. The zero-order chi connectivity index (χ0) is 27.1. The number of para-hydroxylation sites is 1. The van der Waals surface area contributed by atoms with E-state index in [1.54, 1.807) is 43.5 Å². The predicted octanol–water partition coefficient (Wildman–Crippen LogP) is 4.31. The number of carbonyl (C=O) groups excluding carboxylic acids is 3. The number of rotatable bonds is 4. The Kier molecular flexibility index (Phi) is 5.17. The SMILES string of the molecule is COc1ccc(N2C(=O)[C@H]3[C@@H](C2=O)[C@]2(N[C@@H]3Cc3c[nH]c4ccccc34)C(=O)Nc3c2ccc(Cl)c3C)cc1. The normalized spacial score (nSPS) is 25.5. The summed E-state index contributed by atoms with van der Waals surface area (Å²) in [6.07, 6.45) is 2.39. The molecule has 1 aromatic heterocycles. The average molecular weight is 541 g/mol. The van der Waals surface area contributed by atoms with Gasteiger partial charge in [0.15, 0.2) is 0 Å². The molecule has 0 aliphatic carbocycles. The molecule has 4 aromatic rings. The first-order valence-electron chi connectivity index (χ1n) is 12.8. The van der Waals surface area contributed by atoms with Crippen molar-refractivity contribution in [1.82, 2.24) is 10.3 Å². The van der Waals surface area contributed by atoms with Crippen LogP contribution in [-0.4, -0.2) is 35.9 Å². The van der Waals surface area contributed by atoms with E-state index < -0.39 is 29.3 Å². The van der Waals surface area contributed by atoms with E-state index in [0.29, 0.717) is 34.1 Å². The second-order valence-electron chi connectivity index (χ2n) is 10.4. The summed E-state index contributed by atoms with van der Waals surface area (Å²) in [5, 5.41) is 8.05. The monoisotopic (exact) mass is 540 g/mol. The van der Waals surface area contributed by atoms with E-state index in [2.05, 4.69) is 15.6 Å². The van der Waals surface area contributed by atoms with Gasteiger partial charge in [-0.25, -0.2) is 4.90 Å². The fourth-order valence-electron chi connectivity index (χ4n) is 6.69. The lowest BCUT2D eigenvalue weighted by Crippen LogP contribution is -2.53. The molecule has 0 saturated carbocycles. The standard InChI is InChI=1S/C30H25ClN4O4/c1-15-21(31)12-11-20-26(15)33-29(38)30(20)25-24(23(34-30)13-16-14-32-22-6-4-3-5-19(16)22)27(36)35(28(25)37)17-7-9-18(39-2)10-8-17/h3-12,14,23-25,32,34H,13H2,1-2H3,(H,33,38)/t23-,24-,25+,30+/m1/s1. The van der Waals surface area contributed by atoms with Gasteiger partial charge in [0.1, 0.15) is 11.3 Å². The van der Waals surface area contributed by atoms with Crippen LogP contribution >= 0.6 is 11.6 Å². The minimum Gasteiger partial charge on any atom is -0.497 e. The number of carbonyl (C=O) groups is 3. The van der Waals surface area contributed by atoms with E-state index in [0.717, 1.165) is 22.0 Å². The number of H-pyrrole nitrogens is 1. The van der Waals surface area contributed by atoms with Crippen LogP contribution in [0.3, 0.4) is 0 Å². The number of ether oxygens (including phenoxy) is 1. The van der Waals surface area contributed by atoms with Gasteiger partial charge in [-0.15, -0.1) is 0 Å².